The predicted octanol–water partition coefficient (Wildman–Crippen LogP) is 2.16. The molecule has 0 unspecified atom stereocenters. The van der Waals surface area contributed by atoms with Gasteiger partial charge < -0.3 is 5.73 Å². The van der Waals surface area contributed by atoms with Gasteiger partial charge in [0, 0.05) is 25.0 Å². The highest BCUT2D eigenvalue weighted by Gasteiger charge is 2.28. The summed E-state index contributed by atoms with van der Waals surface area (Å²) in [7, 11) is -4.19. The quantitative estimate of drug-likeness (QED) is 0.878. The topological polar surface area (TPSA) is 76.3 Å². The highest BCUT2D eigenvalue weighted by Crippen LogP contribution is 2.27. The van der Waals surface area contributed by atoms with Crippen LogP contribution >= 0.6 is 0 Å². The van der Waals surface area contributed by atoms with E-state index in [1.165, 1.54) is 24.5 Å². The van der Waals surface area contributed by atoms with Crippen molar-refractivity contribution in [2.24, 2.45) is 0 Å². The molecule has 1 aromatic heterocycles. The second-order valence-corrected chi connectivity index (χ2v) is 6.01. The van der Waals surface area contributed by atoms with Crippen LogP contribution in [0.3, 0.4) is 0 Å². The molecule has 0 fully saturated rings. The molecule has 0 aliphatic rings. The van der Waals surface area contributed by atoms with Gasteiger partial charge in [0.2, 0.25) is 0 Å². The smallest absolute Gasteiger partial charge is 0.267 e. The Kier molecular flexibility index (Phi) is 4.08. The summed E-state index contributed by atoms with van der Waals surface area (Å²) in [5, 5.41) is 0. The van der Waals surface area contributed by atoms with Crippen molar-refractivity contribution in [3.05, 3.63) is 48.3 Å². The molecule has 8 heteroatoms. The molecule has 0 aliphatic heterocycles. The number of nitrogen functional groups attached to an aromatic ring is 1. The Morgan fingerprint density at radius 3 is 2.38 bits per heavy atom. The molecule has 112 valence electrons. The maximum atomic E-state index is 13.8. The monoisotopic (exact) mass is 313 g/mol. The number of nitrogens with zero attached hydrogens (tertiary/aromatic N) is 2. The molecule has 2 rings (SSSR count). The van der Waals surface area contributed by atoms with Crippen LogP contribution in [0, 0.1) is 11.6 Å². The third-order valence-electron chi connectivity index (χ3n) is 2.86. The van der Waals surface area contributed by atoms with Crippen LogP contribution in [0.5, 0.6) is 0 Å². The number of nitrogens with two attached hydrogens (primary N) is 1. The Morgan fingerprint density at radius 1 is 1.19 bits per heavy atom. The highest BCUT2D eigenvalue weighted by atomic mass is 32.2. The minimum atomic E-state index is -4.19. The Hall–Kier alpha value is -2.22. The van der Waals surface area contributed by atoms with Gasteiger partial charge in [-0.25, -0.2) is 17.2 Å². The number of aromatic nitrogens is 1. The number of hydrogen-bond donors (Lipinski definition) is 1. The van der Waals surface area contributed by atoms with Gasteiger partial charge in [0.05, 0.1) is 11.4 Å². The maximum absolute atomic E-state index is 13.8. The van der Waals surface area contributed by atoms with Gasteiger partial charge >= 0.3 is 0 Å². The Balaban J connectivity index is 2.58. The van der Waals surface area contributed by atoms with Crippen molar-refractivity contribution < 1.29 is 17.2 Å². The van der Waals surface area contributed by atoms with Crippen molar-refractivity contribution in [2.45, 2.75) is 11.8 Å². The summed E-state index contributed by atoms with van der Waals surface area (Å²) < 4.78 is 53.1. The van der Waals surface area contributed by atoms with Gasteiger partial charge in [0.1, 0.15) is 16.5 Å². The standard InChI is InChI=1S/C13H13F2N3O2S/c1-2-18(9-3-5-17-6-4-9)21(19,20)13-8-12(16)10(14)7-11(13)15/h3-8H,2,16H2,1H3. The van der Waals surface area contributed by atoms with Crippen molar-refractivity contribution in [1.29, 1.82) is 0 Å². The second kappa shape index (κ2) is 5.65. The molecule has 0 atom stereocenters. The Bertz CT molecular complexity index is 752. The lowest BCUT2D eigenvalue weighted by molar-refractivity contribution is 0.549. The van der Waals surface area contributed by atoms with Crippen LogP contribution < -0.4 is 10.0 Å². The number of sulfonamides is 1. The molecule has 0 aliphatic carbocycles. The predicted molar refractivity (Wildman–Crippen MR) is 75.2 cm³/mol. The third kappa shape index (κ3) is 2.80. The summed E-state index contributed by atoms with van der Waals surface area (Å²) in [6, 6.07) is 4.20. The summed E-state index contributed by atoms with van der Waals surface area (Å²) >= 11 is 0. The lowest BCUT2D eigenvalue weighted by Crippen LogP contribution is -2.31. The highest BCUT2D eigenvalue weighted by molar-refractivity contribution is 7.92. The van der Waals surface area contributed by atoms with Crippen molar-refractivity contribution >= 4 is 21.4 Å². The Labute approximate surface area is 121 Å². The van der Waals surface area contributed by atoms with E-state index in [9.17, 15) is 17.2 Å². The summed E-state index contributed by atoms with van der Waals surface area (Å²) in [6.07, 6.45) is 2.84. The molecule has 5 nitrogen and oxygen atoms in total. The van der Waals surface area contributed by atoms with E-state index in [0.717, 1.165) is 10.4 Å². The zero-order valence-electron chi connectivity index (χ0n) is 11.1. The normalized spacial score (nSPS) is 11.4. The molecule has 0 radical (unpaired) electrons. The number of benzene rings is 1. The van der Waals surface area contributed by atoms with Gasteiger partial charge in [-0.15, -0.1) is 0 Å². The van der Waals surface area contributed by atoms with Crippen LogP contribution in [-0.2, 0) is 10.0 Å². The number of rotatable bonds is 4. The van der Waals surface area contributed by atoms with Gasteiger partial charge in [-0.05, 0) is 25.1 Å². The summed E-state index contributed by atoms with van der Waals surface area (Å²) in [5.74, 6) is -2.19. The van der Waals surface area contributed by atoms with E-state index in [1.54, 1.807) is 6.92 Å². The average Bonchev–Trinajstić information content (AvgIpc) is 2.44. The third-order valence-corrected chi connectivity index (χ3v) is 4.78. The molecular formula is C13H13F2N3O2S. The minimum Gasteiger partial charge on any atom is -0.396 e. The van der Waals surface area contributed by atoms with Crippen LogP contribution in [0.2, 0.25) is 0 Å². The van der Waals surface area contributed by atoms with E-state index < -0.39 is 32.2 Å². The largest absolute Gasteiger partial charge is 0.396 e. The first-order valence-corrected chi connectivity index (χ1v) is 7.49. The molecular weight excluding hydrogens is 300 g/mol. The first-order valence-electron chi connectivity index (χ1n) is 6.05. The SMILES string of the molecule is CCN(c1ccncc1)S(=O)(=O)c1cc(N)c(F)cc1F. The molecule has 0 amide bonds. The van der Waals surface area contributed by atoms with Gasteiger partial charge in [0.25, 0.3) is 10.0 Å². The molecule has 0 saturated carbocycles. The molecule has 2 N–H and O–H groups in total. The first-order chi connectivity index (χ1) is 9.87. The zero-order chi connectivity index (χ0) is 15.6. The van der Waals surface area contributed by atoms with Crippen LogP contribution in [0.15, 0.2) is 41.6 Å². The lowest BCUT2D eigenvalue weighted by Gasteiger charge is -2.23. The van der Waals surface area contributed by atoms with Gasteiger partial charge in [0.15, 0.2) is 0 Å². The fourth-order valence-corrected chi connectivity index (χ4v) is 3.42. The second-order valence-electron chi connectivity index (χ2n) is 4.18. The van der Waals surface area contributed by atoms with Crippen molar-refractivity contribution in [2.75, 3.05) is 16.6 Å². The number of pyridine rings is 1. The lowest BCUT2D eigenvalue weighted by atomic mass is 10.3. The van der Waals surface area contributed by atoms with Crippen molar-refractivity contribution in [3.63, 3.8) is 0 Å². The average molecular weight is 313 g/mol. The number of anilines is 2. The summed E-state index contributed by atoms with van der Waals surface area (Å²) in [4.78, 5) is 3.13. The van der Waals surface area contributed by atoms with E-state index in [-0.39, 0.29) is 6.54 Å². The molecule has 21 heavy (non-hydrogen) atoms. The fraction of sp³-hybridized carbons (Fsp3) is 0.154. The molecule has 1 heterocycles. The Morgan fingerprint density at radius 2 is 1.81 bits per heavy atom. The van der Waals surface area contributed by atoms with E-state index in [1.807, 2.05) is 0 Å². The van der Waals surface area contributed by atoms with Gasteiger partial charge in [-0.1, -0.05) is 0 Å². The number of hydrogen-bond acceptors (Lipinski definition) is 4. The van der Waals surface area contributed by atoms with Crippen LogP contribution in [0.25, 0.3) is 0 Å². The van der Waals surface area contributed by atoms with Crippen LogP contribution in [0.4, 0.5) is 20.2 Å². The maximum Gasteiger partial charge on any atom is 0.267 e. The zero-order valence-corrected chi connectivity index (χ0v) is 11.9. The molecule has 0 bridgehead atoms. The van der Waals surface area contributed by atoms with E-state index >= 15 is 0 Å². The molecule has 2 aromatic rings. The van der Waals surface area contributed by atoms with Crippen molar-refractivity contribution in [3.8, 4) is 0 Å². The van der Waals surface area contributed by atoms with Crippen LogP contribution in [0.1, 0.15) is 6.92 Å². The summed E-state index contributed by atoms with van der Waals surface area (Å²) in [6.45, 7) is 1.67. The molecule has 0 saturated heterocycles. The first kappa shape index (κ1) is 15.2. The van der Waals surface area contributed by atoms with E-state index in [0.29, 0.717) is 11.8 Å². The summed E-state index contributed by atoms with van der Waals surface area (Å²) in [5.41, 5.74) is 5.23. The van der Waals surface area contributed by atoms with E-state index in [4.69, 9.17) is 5.73 Å². The van der Waals surface area contributed by atoms with Crippen molar-refractivity contribution in [1.82, 2.24) is 4.98 Å². The molecule has 1 aromatic carbocycles. The van der Waals surface area contributed by atoms with Crippen LogP contribution in [-0.4, -0.2) is 19.9 Å². The van der Waals surface area contributed by atoms with Gasteiger partial charge in [-0.3, -0.25) is 9.29 Å². The fourth-order valence-electron chi connectivity index (χ4n) is 1.86. The molecule has 0 spiro atoms. The van der Waals surface area contributed by atoms with Gasteiger partial charge in [-0.2, -0.15) is 0 Å². The minimum absolute atomic E-state index is 0.0725. The number of halogens is 2. The van der Waals surface area contributed by atoms with E-state index in [2.05, 4.69) is 4.98 Å².